The molecular formula is C30H48O3. The Kier molecular flexibility index (Phi) is 4.99. The average molecular weight is 457 g/mol. The molecular weight excluding hydrogens is 408 g/mol. The van der Waals surface area contributed by atoms with Crippen LogP contribution in [0.3, 0.4) is 0 Å². The van der Waals surface area contributed by atoms with Crippen LogP contribution in [0.1, 0.15) is 113 Å². The van der Waals surface area contributed by atoms with Gasteiger partial charge in [0, 0.05) is 0 Å². The maximum Gasteiger partial charge on any atom is 0.312 e. The van der Waals surface area contributed by atoms with Gasteiger partial charge in [-0.15, -0.1) is 0 Å². The van der Waals surface area contributed by atoms with Crippen LogP contribution in [0.4, 0.5) is 0 Å². The summed E-state index contributed by atoms with van der Waals surface area (Å²) >= 11 is 0. The Balaban J connectivity index is 1.58. The Morgan fingerprint density at radius 3 is 2.21 bits per heavy atom. The second-order valence-electron chi connectivity index (χ2n) is 15.0. The highest BCUT2D eigenvalue weighted by molar-refractivity contribution is 5.76. The van der Waals surface area contributed by atoms with E-state index < -0.39 is 17.5 Å². The van der Waals surface area contributed by atoms with Crippen molar-refractivity contribution in [3.05, 3.63) is 11.6 Å². The van der Waals surface area contributed by atoms with Crippen LogP contribution in [0, 0.1) is 50.2 Å². The third-order valence-electron chi connectivity index (χ3n) is 13.2. The molecule has 4 saturated carbocycles. The molecule has 0 saturated heterocycles. The fourth-order valence-electron chi connectivity index (χ4n) is 10.5. The largest absolute Gasteiger partial charge is 0.481 e. The highest BCUT2D eigenvalue weighted by Crippen LogP contribution is 2.75. The SMILES string of the molecule is CC1(C)CC[C@]2(C)CC[C@]3(C)C(=CC[C@@H]4[C@]5(C)CC[C@H](O)[C@](C)(C(=O)O)[C@@H]5CC[C@@]43C)[C@@H]2C1. The number of hydrogen-bond donors (Lipinski definition) is 2. The lowest BCUT2D eigenvalue weighted by atomic mass is 9.33. The normalized spacial score (nSPS) is 55.3. The predicted octanol–water partition coefficient (Wildman–Crippen LogP) is 7.23. The molecule has 0 bridgehead atoms. The third kappa shape index (κ3) is 2.87. The first kappa shape index (κ1) is 23.9. The highest BCUT2D eigenvalue weighted by Gasteiger charge is 2.69. The average Bonchev–Trinajstić information content (AvgIpc) is 2.72. The van der Waals surface area contributed by atoms with Crippen LogP contribution in [0.25, 0.3) is 0 Å². The molecule has 0 aromatic carbocycles. The quantitative estimate of drug-likeness (QED) is 0.409. The molecule has 9 atom stereocenters. The minimum Gasteiger partial charge on any atom is -0.481 e. The Morgan fingerprint density at radius 2 is 1.55 bits per heavy atom. The lowest BCUT2D eigenvalue weighted by Gasteiger charge is -2.71. The van der Waals surface area contributed by atoms with Gasteiger partial charge in [-0.3, -0.25) is 4.79 Å². The second kappa shape index (κ2) is 6.89. The number of aliphatic hydroxyl groups excluding tert-OH is 1. The summed E-state index contributed by atoms with van der Waals surface area (Å²) < 4.78 is 0. The van der Waals surface area contributed by atoms with Crippen molar-refractivity contribution in [3.63, 3.8) is 0 Å². The number of rotatable bonds is 1. The van der Waals surface area contributed by atoms with E-state index in [2.05, 4.69) is 47.6 Å². The number of carboxylic acid groups (broad SMARTS) is 1. The van der Waals surface area contributed by atoms with Gasteiger partial charge in [0.2, 0.25) is 0 Å². The van der Waals surface area contributed by atoms with Crippen molar-refractivity contribution in [1.82, 2.24) is 0 Å². The number of fused-ring (bicyclic) bond motifs is 7. The molecule has 4 fully saturated rings. The first-order valence-corrected chi connectivity index (χ1v) is 13.8. The Bertz CT molecular complexity index is 889. The van der Waals surface area contributed by atoms with Gasteiger partial charge in [0.15, 0.2) is 0 Å². The van der Waals surface area contributed by atoms with Gasteiger partial charge < -0.3 is 10.2 Å². The van der Waals surface area contributed by atoms with E-state index in [-0.39, 0.29) is 22.2 Å². The molecule has 0 aliphatic heterocycles. The topological polar surface area (TPSA) is 57.5 Å². The molecule has 0 amide bonds. The molecule has 0 aromatic heterocycles. The smallest absolute Gasteiger partial charge is 0.312 e. The Hall–Kier alpha value is -0.830. The van der Waals surface area contributed by atoms with Gasteiger partial charge in [-0.1, -0.05) is 53.2 Å². The number of carbonyl (C=O) groups is 1. The molecule has 5 aliphatic rings. The van der Waals surface area contributed by atoms with Crippen LogP contribution < -0.4 is 0 Å². The zero-order chi connectivity index (χ0) is 24.2. The summed E-state index contributed by atoms with van der Waals surface area (Å²) in [6.45, 7) is 16.9. The first-order valence-electron chi connectivity index (χ1n) is 13.8. The monoisotopic (exact) mass is 456 g/mol. The predicted molar refractivity (Wildman–Crippen MR) is 133 cm³/mol. The van der Waals surface area contributed by atoms with Gasteiger partial charge >= 0.3 is 5.97 Å². The number of aliphatic hydroxyl groups is 1. The van der Waals surface area contributed by atoms with E-state index in [4.69, 9.17) is 0 Å². The van der Waals surface area contributed by atoms with Gasteiger partial charge in [0.05, 0.1) is 11.5 Å². The van der Waals surface area contributed by atoms with Gasteiger partial charge in [0.1, 0.15) is 0 Å². The zero-order valence-electron chi connectivity index (χ0n) is 22.3. The maximum absolute atomic E-state index is 12.5. The Morgan fingerprint density at radius 1 is 0.879 bits per heavy atom. The van der Waals surface area contributed by atoms with Gasteiger partial charge in [-0.2, -0.15) is 0 Å². The zero-order valence-corrected chi connectivity index (χ0v) is 22.3. The van der Waals surface area contributed by atoms with E-state index in [0.29, 0.717) is 29.1 Å². The fourth-order valence-corrected chi connectivity index (χ4v) is 10.5. The van der Waals surface area contributed by atoms with Crippen molar-refractivity contribution in [1.29, 1.82) is 0 Å². The first-order chi connectivity index (χ1) is 15.1. The van der Waals surface area contributed by atoms with Gasteiger partial charge in [-0.25, -0.2) is 0 Å². The minimum absolute atomic E-state index is 0.0308. The molecule has 0 radical (unpaired) electrons. The number of carboxylic acids is 1. The van der Waals surface area contributed by atoms with Crippen LogP contribution in [0.2, 0.25) is 0 Å². The maximum atomic E-state index is 12.5. The van der Waals surface area contributed by atoms with E-state index in [0.717, 1.165) is 25.7 Å². The summed E-state index contributed by atoms with van der Waals surface area (Å²) in [5, 5.41) is 21.1. The van der Waals surface area contributed by atoms with Crippen molar-refractivity contribution in [2.24, 2.45) is 50.2 Å². The van der Waals surface area contributed by atoms with Crippen molar-refractivity contribution < 1.29 is 15.0 Å². The van der Waals surface area contributed by atoms with Crippen molar-refractivity contribution in [3.8, 4) is 0 Å². The van der Waals surface area contributed by atoms with E-state index in [1.807, 2.05) is 6.92 Å². The van der Waals surface area contributed by atoms with Crippen molar-refractivity contribution in [2.75, 3.05) is 0 Å². The highest BCUT2D eigenvalue weighted by atomic mass is 16.4. The van der Waals surface area contributed by atoms with Crippen LogP contribution in [0.5, 0.6) is 0 Å². The van der Waals surface area contributed by atoms with Gasteiger partial charge in [-0.05, 0) is 116 Å². The molecule has 3 heteroatoms. The molecule has 33 heavy (non-hydrogen) atoms. The van der Waals surface area contributed by atoms with E-state index >= 15 is 0 Å². The summed E-state index contributed by atoms with van der Waals surface area (Å²) in [7, 11) is 0. The molecule has 186 valence electrons. The van der Waals surface area contributed by atoms with Crippen LogP contribution in [-0.2, 0) is 4.79 Å². The molecule has 5 rings (SSSR count). The lowest BCUT2D eigenvalue weighted by Crippen LogP contribution is -2.66. The third-order valence-corrected chi connectivity index (χ3v) is 13.2. The molecule has 3 nitrogen and oxygen atoms in total. The standard InChI is InChI=1S/C30H48O3/c1-25(2)14-15-26(3)16-17-28(5)19(20(26)18-25)8-9-21-27(4)12-11-23(31)30(7,24(32)33)22(27)10-13-29(21,28)6/h8,20-23,31H,9-18H2,1-7H3,(H,32,33)/t20-,21+,22+,23-,26+,27-,28+,29-,30+/m0/s1. The van der Waals surface area contributed by atoms with E-state index in [1.165, 1.54) is 32.1 Å². The van der Waals surface area contributed by atoms with Crippen LogP contribution in [0.15, 0.2) is 11.6 Å². The lowest BCUT2D eigenvalue weighted by molar-refractivity contribution is -0.216. The minimum atomic E-state index is -1.03. The van der Waals surface area contributed by atoms with E-state index in [1.54, 1.807) is 5.57 Å². The molecule has 5 aliphatic carbocycles. The van der Waals surface area contributed by atoms with E-state index in [9.17, 15) is 15.0 Å². The van der Waals surface area contributed by atoms with Crippen molar-refractivity contribution in [2.45, 2.75) is 119 Å². The van der Waals surface area contributed by atoms with Crippen LogP contribution in [-0.4, -0.2) is 22.3 Å². The second-order valence-corrected chi connectivity index (χ2v) is 15.0. The van der Waals surface area contributed by atoms with Gasteiger partial charge in [0.25, 0.3) is 0 Å². The summed E-state index contributed by atoms with van der Waals surface area (Å²) in [4.78, 5) is 12.5. The molecule has 0 heterocycles. The summed E-state index contributed by atoms with van der Waals surface area (Å²) in [5.41, 5.74) is 1.98. The molecule has 2 N–H and O–H groups in total. The summed E-state index contributed by atoms with van der Waals surface area (Å²) in [6, 6.07) is 0. The summed E-state index contributed by atoms with van der Waals surface area (Å²) in [6.07, 6.45) is 13.2. The molecule has 0 aromatic rings. The fraction of sp³-hybridized carbons (Fsp3) is 0.900. The van der Waals surface area contributed by atoms with Crippen LogP contribution >= 0.6 is 0 Å². The molecule has 0 spiro atoms. The summed E-state index contributed by atoms with van der Waals surface area (Å²) in [5.74, 6) is 0.432. The number of allylic oxidation sites excluding steroid dienone is 2. The number of aliphatic carboxylic acids is 1. The Labute approximate surface area is 201 Å². The molecule has 0 unspecified atom stereocenters. The number of hydrogen-bond acceptors (Lipinski definition) is 2. The van der Waals surface area contributed by atoms with Crippen molar-refractivity contribution >= 4 is 5.97 Å².